The predicted molar refractivity (Wildman–Crippen MR) is 73.0 cm³/mol. The van der Waals surface area contributed by atoms with Gasteiger partial charge in [0.25, 0.3) is 5.91 Å². The van der Waals surface area contributed by atoms with Crippen molar-refractivity contribution in [2.45, 2.75) is 20.3 Å². The Bertz CT molecular complexity index is 515. The Balaban J connectivity index is 1.82. The third-order valence-corrected chi connectivity index (χ3v) is 3.47. The first-order valence-corrected chi connectivity index (χ1v) is 6.58. The molecule has 1 amide bonds. The minimum Gasteiger partial charge on any atom is -0.455 e. The maximum absolute atomic E-state index is 11.6. The molecule has 0 heterocycles. The Morgan fingerprint density at radius 2 is 2.16 bits per heavy atom. The topological polar surface area (TPSA) is 55.4 Å². The highest BCUT2D eigenvalue weighted by molar-refractivity contribution is 6.33. The number of carbonyl (C=O) groups is 2. The zero-order valence-electron chi connectivity index (χ0n) is 10.9. The number of aryl methyl sites for hydroxylation is 1. The Kier molecular flexibility index (Phi) is 4.10. The van der Waals surface area contributed by atoms with Crippen molar-refractivity contribution in [2.24, 2.45) is 11.8 Å². The molecule has 1 fully saturated rings. The summed E-state index contributed by atoms with van der Waals surface area (Å²) in [6.45, 7) is 3.63. The van der Waals surface area contributed by atoms with Gasteiger partial charge in [0.15, 0.2) is 6.61 Å². The van der Waals surface area contributed by atoms with E-state index in [-0.39, 0.29) is 24.4 Å². The molecule has 1 aliphatic rings. The lowest BCUT2D eigenvalue weighted by molar-refractivity contribution is -0.148. The smallest absolute Gasteiger partial charge is 0.309 e. The number of rotatable bonds is 4. The molecular weight excluding hydrogens is 266 g/mol. The van der Waals surface area contributed by atoms with Gasteiger partial charge >= 0.3 is 5.97 Å². The number of amides is 1. The first-order chi connectivity index (χ1) is 8.97. The second-order valence-electron chi connectivity index (χ2n) is 4.96. The molecule has 1 aromatic rings. The average molecular weight is 282 g/mol. The standard InChI is InChI=1S/C14H16ClNO3/c1-8-3-4-12(11(15)5-8)16-13(17)7-19-14(18)10-6-9(10)2/h3-5,9-10H,6-7H2,1-2H3,(H,16,17)/t9-,10+/m0/s1. The number of benzene rings is 1. The van der Waals surface area contributed by atoms with E-state index in [2.05, 4.69) is 5.32 Å². The van der Waals surface area contributed by atoms with Crippen molar-refractivity contribution in [3.63, 3.8) is 0 Å². The average Bonchev–Trinajstić information content (AvgIpc) is 3.07. The van der Waals surface area contributed by atoms with Crippen molar-refractivity contribution < 1.29 is 14.3 Å². The van der Waals surface area contributed by atoms with Crippen LogP contribution in [0.15, 0.2) is 18.2 Å². The summed E-state index contributed by atoms with van der Waals surface area (Å²) in [5, 5.41) is 3.08. The van der Waals surface area contributed by atoms with Crippen LogP contribution in [0.25, 0.3) is 0 Å². The van der Waals surface area contributed by atoms with Gasteiger partial charge in [-0.1, -0.05) is 24.6 Å². The number of carbonyl (C=O) groups excluding carboxylic acids is 2. The zero-order chi connectivity index (χ0) is 14.0. The van der Waals surface area contributed by atoms with Crippen molar-refractivity contribution in [3.05, 3.63) is 28.8 Å². The second kappa shape index (κ2) is 5.61. The number of nitrogens with one attached hydrogen (secondary N) is 1. The van der Waals surface area contributed by atoms with Crippen LogP contribution in [0.5, 0.6) is 0 Å². The molecule has 0 aromatic heterocycles. The quantitative estimate of drug-likeness (QED) is 0.864. The van der Waals surface area contributed by atoms with Gasteiger partial charge in [0.2, 0.25) is 0 Å². The van der Waals surface area contributed by atoms with Gasteiger partial charge in [-0.25, -0.2) is 0 Å². The van der Waals surface area contributed by atoms with E-state index in [4.69, 9.17) is 16.3 Å². The van der Waals surface area contributed by atoms with Gasteiger partial charge in [-0.3, -0.25) is 9.59 Å². The molecule has 0 radical (unpaired) electrons. The van der Waals surface area contributed by atoms with Crippen LogP contribution in [-0.2, 0) is 14.3 Å². The highest BCUT2D eigenvalue weighted by Crippen LogP contribution is 2.38. The molecule has 5 heteroatoms. The molecule has 2 atom stereocenters. The molecule has 2 rings (SSSR count). The van der Waals surface area contributed by atoms with Crippen LogP contribution in [0, 0.1) is 18.8 Å². The number of hydrogen-bond donors (Lipinski definition) is 1. The summed E-state index contributed by atoms with van der Waals surface area (Å²) in [4.78, 5) is 23.1. The van der Waals surface area contributed by atoms with Gasteiger partial charge in [-0.05, 0) is 37.0 Å². The van der Waals surface area contributed by atoms with Gasteiger partial charge < -0.3 is 10.1 Å². The normalized spacial score (nSPS) is 20.8. The molecular formula is C14H16ClNO3. The number of anilines is 1. The molecule has 1 aromatic carbocycles. The summed E-state index contributed by atoms with van der Waals surface area (Å²) in [5.41, 5.74) is 1.53. The lowest BCUT2D eigenvalue weighted by Crippen LogP contribution is -2.21. The van der Waals surface area contributed by atoms with Crippen molar-refractivity contribution in [3.8, 4) is 0 Å². The molecule has 1 N–H and O–H groups in total. The first-order valence-electron chi connectivity index (χ1n) is 6.20. The summed E-state index contributed by atoms with van der Waals surface area (Å²) in [6.07, 6.45) is 0.851. The monoisotopic (exact) mass is 281 g/mol. The van der Waals surface area contributed by atoms with Crippen LogP contribution < -0.4 is 5.32 Å². The molecule has 0 saturated heterocycles. The minimum atomic E-state index is -0.382. The van der Waals surface area contributed by atoms with E-state index in [1.165, 1.54) is 0 Å². The maximum atomic E-state index is 11.6. The third-order valence-electron chi connectivity index (χ3n) is 3.16. The number of esters is 1. The first kappa shape index (κ1) is 13.9. The molecule has 4 nitrogen and oxygen atoms in total. The lowest BCUT2D eigenvalue weighted by atomic mass is 10.2. The molecule has 0 aliphatic heterocycles. The minimum absolute atomic E-state index is 0.0317. The highest BCUT2D eigenvalue weighted by Gasteiger charge is 2.40. The number of hydrogen-bond acceptors (Lipinski definition) is 3. The molecule has 1 aliphatic carbocycles. The van der Waals surface area contributed by atoms with Gasteiger partial charge in [-0.2, -0.15) is 0 Å². The van der Waals surface area contributed by atoms with E-state index < -0.39 is 0 Å². The third kappa shape index (κ3) is 3.70. The van der Waals surface area contributed by atoms with Gasteiger partial charge in [0, 0.05) is 0 Å². The fourth-order valence-electron chi connectivity index (χ4n) is 1.80. The predicted octanol–water partition coefficient (Wildman–Crippen LogP) is 2.79. The maximum Gasteiger partial charge on any atom is 0.309 e. The largest absolute Gasteiger partial charge is 0.455 e. The summed E-state index contributed by atoms with van der Waals surface area (Å²) in [6, 6.07) is 5.33. The summed E-state index contributed by atoms with van der Waals surface area (Å²) in [5.74, 6) is -0.331. The summed E-state index contributed by atoms with van der Waals surface area (Å²) >= 11 is 5.99. The van der Waals surface area contributed by atoms with Crippen molar-refractivity contribution in [1.82, 2.24) is 0 Å². The molecule has 0 bridgehead atoms. The van der Waals surface area contributed by atoms with E-state index in [9.17, 15) is 9.59 Å². The van der Waals surface area contributed by atoms with E-state index in [0.717, 1.165) is 12.0 Å². The number of ether oxygens (including phenoxy) is 1. The Hall–Kier alpha value is -1.55. The van der Waals surface area contributed by atoms with E-state index in [0.29, 0.717) is 16.6 Å². The summed E-state index contributed by atoms with van der Waals surface area (Å²) in [7, 11) is 0. The van der Waals surface area contributed by atoms with Crippen LogP contribution in [0.1, 0.15) is 18.9 Å². The van der Waals surface area contributed by atoms with Crippen molar-refractivity contribution in [1.29, 1.82) is 0 Å². The Morgan fingerprint density at radius 1 is 1.47 bits per heavy atom. The van der Waals surface area contributed by atoms with Crippen LogP contribution in [0.2, 0.25) is 5.02 Å². The van der Waals surface area contributed by atoms with Crippen LogP contribution in [0.4, 0.5) is 5.69 Å². The highest BCUT2D eigenvalue weighted by atomic mass is 35.5. The van der Waals surface area contributed by atoms with E-state index in [1.807, 2.05) is 19.9 Å². The molecule has 19 heavy (non-hydrogen) atoms. The van der Waals surface area contributed by atoms with Crippen molar-refractivity contribution in [2.75, 3.05) is 11.9 Å². The Morgan fingerprint density at radius 3 is 2.74 bits per heavy atom. The SMILES string of the molecule is Cc1ccc(NC(=O)COC(=O)[C@@H]2C[C@@H]2C)c(Cl)c1. The summed E-state index contributed by atoms with van der Waals surface area (Å²) < 4.78 is 4.94. The lowest BCUT2D eigenvalue weighted by Gasteiger charge is -2.08. The van der Waals surface area contributed by atoms with Crippen LogP contribution in [0.3, 0.4) is 0 Å². The molecule has 0 unspecified atom stereocenters. The molecule has 102 valence electrons. The molecule has 1 saturated carbocycles. The van der Waals surface area contributed by atoms with Crippen LogP contribution in [-0.4, -0.2) is 18.5 Å². The second-order valence-corrected chi connectivity index (χ2v) is 5.37. The van der Waals surface area contributed by atoms with E-state index in [1.54, 1.807) is 12.1 Å². The number of halogens is 1. The van der Waals surface area contributed by atoms with Crippen molar-refractivity contribution >= 4 is 29.2 Å². The molecule has 0 spiro atoms. The van der Waals surface area contributed by atoms with Gasteiger partial charge in [-0.15, -0.1) is 0 Å². The fraction of sp³-hybridized carbons (Fsp3) is 0.429. The van der Waals surface area contributed by atoms with Crippen LogP contribution >= 0.6 is 11.6 Å². The van der Waals surface area contributed by atoms with E-state index >= 15 is 0 Å². The van der Waals surface area contributed by atoms with Gasteiger partial charge in [0.1, 0.15) is 0 Å². The van der Waals surface area contributed by atoms with Gasteiger partial charge in [0.05, 0.1) is 16.6 Å². The zero-order valence-corrected chi connectivity index (χ0v) is 11.7. The fourth-order valence-corrected chi connectivity index (χ4v) is 2.08. The Labute approximate surface area is 117 Å².